The van der Waals surface area contributed by atoms with Crippen LogP contribution in [0.5, 0.6) is 0 Å². The van der Waals surface area contributed by atoms with E-state index in [2.05, 4.69) is 5.32 Å². The molecular weight excluding hydrogens is 473 g/mol. The number of nitrogens with one attached hydrogen (secondary N) is 1. The Morgan fingerprint density at radius 3 is 2.73 bits per heavy atom. The van der Waals surface area contributed by atoms with E-state index in [1.165, 1.54) is 13.0 Å². The first-order valence-electron chi connectivity index (χ1n) is 13.2. The summed E-state index contributed by atoms with van der Waals surface area (Å²) in [6.07, 6.45) is 1.39. The molecule has 37 heavy (non-hydrogen) atoms. The molecular formula is C29H38FN3O4. The quantitative estimate of drug-likeness (QED) is 0.472. The number of aliphatic hydroxyl groups excluding tert-OH is 1. The van der Waals surface area contributed by atoms with Crippen LogP contribution in [0.4, 0.5) is 4.39 Å². The van der Waals surface area contributed by atoms with Crippen LogP contribution in [0.3, 0.4) is 0 Å². The Bertz CT molecular complexity index is 1100. The van der Waals surface area contributed by atoms with Gasteiger partial charge in [0, 0.05) is 50.0 Å². The average Bonchev–Trinajstić information content (AvgIpc) is 3.21. The zero-order valence-electron chi connectivity index (χ0n) is 21.7. The van der Waals surface area contributed by atoms with Gasteiger partial charge in [0.25, 0.3) is 0 Å². The molecule has 0 spiro atoms. The van der Waals surface area contributed by atoms with Crippen molar-refractivity contribution in [2.45, 2.75) is 57.8 Å². The first-order chi connectivity index (χ1) is 17.7. The highest BCUT2D eigenvalue weighted by Gasteiger charge is 2.39. The molecule has 4 rings (SSSR count). The Hall–Kier alpha value is -2.81. The van der Waals surface area contributed by atoms with Crippen LogP contribution in [0.15, 0.2) is 42.5 Å². The van der Waals surface area contributed by atoms with Gasteiger partial charge in [-0.25, -0.2) is 4.39 Å². The normalized spacial score (nSPS) is 24.6. The number of halogens is 1. The lowest BCUT2D eigenvalue weighted by molar-refractivity contribution is -0.139. The van der Waals surface area contributed by atoms with E-state index in [1.54, 1.807) is 6.07 Å². The Morgan fingerprint density at radius 1 is 1.24 bits per heavy atom. The van der Waals surface area contributed by atoms with Crippen molar-refractivity contribution in [2.75, 3.05) is 26.2 Å². The number of ether oxygens (including phenoxy) is 1. The first-order valence-corrected chi connectivity index (χ1v) is 13.2. The van der Waals surface area contributed by atoms with Crippen LogP contribution in [0.2, 0.25) is 0 Å². The molecule has 2 aliphatic rings. The minimum absolute atomic E-state index is 0.0202. The lowest BCUT2D eigenvalue weighted by Crippen LogP contribution is -2.44. The average molecular weight is 512 g/mol. The van der Waals surface area contributed by atoms with Crippen LogP contribution >= 0.6 is 0 Å². The minimum atomic E-state index is -0.649. The van der Waals surface area contributed by atoms with Crippen LogP contribution in [-0.2, 0) is 14.3 Å². The number of aryl methyl sites for hydroxylation is 1. The molecule has 1 aliphatic carbocycles. The van der Waals surface area contributed by atoms with Gasteiger partial charge in [0.05, 0.1) is 18.8 Å². The van der Waals surface area contributed by atoms with Crippen molar-refractivity contribution in [3.05, 3.63) is 59.4 Å². The molecule has 0 bridgehead atoms. The number of likely N-dealkylation sites (tertiary alicyclic amines) is 1. The van der Waals surface area contributed by atoms with Crippen molar-refractivity contribution in [1.29, 1.82) is 0 Å². The summed E-state index contributed by atoms with van der Waals surface area (Å²) in [7, 11) is 0. The summed E-state index contributed by atoms with van der Waals surface area (Å²) in [6.45, 7) is 5.16. The molecule has 8 heteroatoms. The largest absolute Gasteiger partial charge is 0.391 e. The Balaban J connectivity index is 1.62. The summed E-state index contributed by atoms with van der Waals surface area (Å²) in [5.74, 6) is -0.777. The minimum Gasteiger partial charge on any atom is -0.391 e. The van der Waals surface area contributed by atoms with E-state index in [-0.39, 0.29) is 42.1 Å². The van der Waals surface area contributed by atoms with Crippen molar-refractivity contribution in [3.63, 3.8) is 0 Å². The van der Waals surface area contributed by atoms with E-state index in [4.69, 9.17) is 10.5 Å². The Kier molecular flexibility index (Phi) is 8.95. The SMILES string of the molecule is CC(=O)NCCO[C@@H](c1cccc(F)c1-c1cccc(C)c1)[C@@H]1CCCN(C(=O)[C@H]2C[C@@H](N)[C@@H](O)C2)C1. The van der Waals surface area contributed by atoms with Crippen molar-refractivity contribution >= 4 is 11.8 Å². The fourth-order valence-corrected chi connectivity index (χ4v) is 5.74. The summed E-state index contributed by atoms with van der Waals surface area (Å²) < 4.78 is 21.7. The third-order valence-corrected chi connectivity index (χ3v) is 7.56. The van der Waals surface area contributed by atoms with Crippen LogP contribution in [0.25, 0.3) is 11.1 Å². The lowest BCUT2D eigenvalue weighted by atomic mass is 9.84. The van der Waals surface area contributed by atoms with E-state index in [0.717, 1.165) is 29.5 Å². The second-order valence-corrected chi connectivity index (χ2v) is 10.4. The predicted molar refractivity (Wildman–Crippen MR) is 140 cm³/mol. The summed E-state index contributed by atoms with van der Waals surface area (Å²) in [5, 5.41) is 12.8. The number of benzene rings is 2. The number of piperidine rings is 1. The summed E-state index contributed by atoms with van der Waals surface area (Å²) in [5.41, 5.74) is 9.02. The van der Waals surface area contributed by atoms with E-state index in [0.29, 0.717) is 38.0 Å². The van der Waals surface area contributed by atoms with Gasteiger partial charge in [0.1, 0.15) is 5.82 Å². The van der Waals surface area contributed by atoms with Crippen LogP contribution < -0.4 is 11.1 Å². The Morgan fingerprint density at radius 2 is 2.03 bits per heavy atom. The maximum Gasteiger partial charge on any atom is 0.225 e. The van der Waals surface area contributed by atoms with Gasteiger partial charge >= 0.3 is 0 Å². The maximum absolute atomic E-state index is 15.4. The van der Waals surface area contributed by atoms with Gasteiger partial charge in [0.15, 0.2) is 0 Å². The molecule has 5 atom stereocenters. The van der Waals surface area contributed by atoms with Gasteiger partial charge in [-0.05, 0) is 49.8 Å². The first kappa shape index (κ1) is 27.2. The van der Waals surface area contributed by atoms with E-state index < -0.39 is 12.2 Å². The smallest absolute Gasteiger partial charge is 0.225 e. The number of carbonyl (C=O) groups excluding carboxylic acids is 2. The number of amides is 2. The molecule has 4 N–H and O–H groups in total. The second-order valence-electron chi connectivity index (χ2n) is 10.4. The number of nitrogens with zero attached hydrogens (tertiary/aromatic N) is 1. The van der Waals surface area contributed by atoms with Gasteiger partial charge < -0.3 is 25.8 Å². The summed E-state index contributed by atoms with van der Waals surface area (Å²) in [6, 6.07) is 12.4. The van der Waals surface area contributed by atoms with Crippen molar-refractivity contribution in [1.82, 2.24) is 10.2 Å². The second kappa shape index (κ2) is 12.2. The predicted octanol–water partition coefficient (Wildman–Crippen LogP) is 3.33. The maximum atomic E-state index is 15.4. The van der Waals surface area contributed by atoms with Gasteiger partial charge in [-0.3, -0.25) is 9.59 Å². The molecule has 1 saturated carbocycles. The van der Waals surface area contributed by atoms with Gasteiger partial charge in [-0.1, -0.05) is 42.0 Å². The molecule has 2 aromatic rings. The number of aliphatic hydroxyl groups is 1. The topological polar surface area (TPSA) is 105 Å². The molecule has 1 heterocycles. The fraction of sp³-hybridized carbons (Fsp3) is 0.517. The number of hydrogen-bond donors (Lipinski definition) is 3. The van der Waals surface area contributed by atoms with E-state index in [9.17, 15) is 14.7 Å². The number of rotatable bonds is 8. The number of hydrogen-bond acceptors (Lipinski definition) is 5. The van der Waals surface area contributed by atoms with Crippen LogP contribution in [0.1, 0.15) is 49.8 Å². The summed E-state index contributed by atoms with van der Waals surface area (Å²) in [4.78, 5) is 26.6. The highest BCUT2D eigenvalue weighted by atomic mass is 19.1. The third kappa shape index (κ3) is 6.55. The van der Waals surface area contributed by atoms with E-state index >= 15 is 4.39 Å². The lowest BCUT2D eigenvalue weighted by Gasteiger charge is -2.38. The molecule has 2 amide bonds. The van der Waals surface area contributed by atoms with Crippen molar-refractivity contribution in [3.8, 4) is 11.1 Å². The molecule has 0 unspecified atom stereocenters. The van der Waals surface area contributed by atoms with Gasteiger partial charge in [-0.15, -0.1) is 0 Å². The molecule has 7 nitrogen and oxygen atoms in total. The highest BCUT2D eigenvalue weighted by molar-refractivity contribution is 5.79. The van der Waals surface area contributed by atoms with Gasteiger partial charge in [-0.2, -0.15) is 0 Å². The zero-order valence-corrected chi connectivity index (χ0v) is 21.7. The van der Waals surface area contributed by atoms with E-state index in [1.807, 2.05) is 42.2 Å². The standard InChI is InChI=1S/C29H38FN3O4/c1-18-6-3-7-20(14-18)27-23(9-4-10-24(27)30)28(37-13-11-32-19(2)34)21-8-5-12-33(17-21)29(36)22-15-25(31)26(35)16-22/h3-4,6-7,9-10,14,21-22,25-26,28,35H,5,8,11-13,15-17,31H2,1-2H3,(H,32,34)/t21-,22+,25-,26+,28-/m1/s1. The molecule has 1 aliphatic heterocycles. The molecule has 200 valence electrons. The highest BCUT2D eigenvalue weighted by Crippen LogP contribution is 2.40. The fourth-order valence-electron chi connectivity index (χ4n) is 5.74. The summed E-state index contributed by atoms with van der Waals surface area (Å²) >= 11 is 0. The van der Waals surface area contributed by atoms with Crippen LogP contribution in [0, 0.1) is 24.6 Å². The Labute approximate surface area is 218 Å². The van der Waals surface area contributed by atoms with Crippen LogP contribution in [-0.4, -0.2) is 60.2 Å². The number of carbonyl (C=O) groups is 2. The molecule has 2 aromatic carbocycles. The molecule has 0 aromatic heterocycles. The number of nitrogens with two attached hydrogens (primary N) is 1. The van der Waals surface area contributed by atoms with Gasteiger partial charge in [0.2, 0.25) is 11.8 Å². The molecule has 2 fully saturated rings. The zero-order chi connectivity index (χ0) is 26.5. The third-order valence-electron chi connectivity index (χ3n) is 7.56. The van der Waals surface area contributed by atoms with Crippen molar-refractivity contribution < 1.29 is 23.8 Å². The monoisotopic (exact) mass is 511 g/mol. The molecule has 1 saturated heterocycles. The van der Waals surface area contributed by atoms with Crippen molar-refractivity contribution in [2.24, 2.45) is 17.6 Å². The molecule has 0 radical (unpaired) electrons.